The molecule has 17 heavy (non-hydrogen) atoms. The maximum absolute atomic E-state index is 13.5. The first-order chi connectivity index (χ1) is 7.95. The number of benzene rings is 1. The minimum atomic E-state index is -1.04. The van der Waals surface area contributed by atoms with Crippen molar-refractivity contribution in [2.75, 3.05) is 0 Å². The van der Waals surface area contributed by atoms with E-state index in [1.54, 1.807) is 0 Å². The third-order valence-electron chi connectivity index (χ3n) is 2.65. The summed E-state index contributed by atoms with van der Waals surface area (Å²) in [5.41, 5.74) is 0.00463. The van der Waals surface area contributed by atoms with Crippen LogP contribution >= 0.6 is 0 Å². The Hall–Kier alpha value is -1.00. The molecule has 0 saturated heterocycles. The fraction of sp³-hybridized carbons (Fsp3) is 0.538. The van der Waals surface area contributed by atoms with Crippen LogP contribution in [0.4, 0.5) is 8.78 Å². The zero-order valence-corrected chi connectivity index (χ0v) is 10.4. The number of nitrogens with one attached hydrogen (secondary N) is 1. The predicted octanol–water partition coefficient (Wildman–Crippen LogP) is 2.77. The summed E-state index contributed by atoms with van der Waals surface area (Å²) in [6.07, 6.45) is -0.409. The molecule has 96 valence electrons. The highest BCUT2D eigenvalue weighted by molar-refractivity contribution is 5.22. The van der Waals surface area contributed by atoms with Crippen LogP contribution in [-0.4, -0.2) is 17.2 Å². The molecule has 2 N–H and O–H groups in total. The van der Waals surface area contributed by atoms with Crippen molar-refractivity contribution in [2.45, 2.75) is 45.4 Å². The molecule has 0 amide bonds. The Morgan fingerprint density at radius 1 is 1.29 bits per heavy atom. The van der Waals surface area contributed by atoms with Gasteiger partial charge in [-0.05, 0) is 24.6 Å². The van der Waals surface area contributed by atoms with Gasteiger partial charge in [0.05, 0.1) is 6.10 Å². The Morgan fingerprint density at radius 3 is 2.47 bits per heavy atom. The molecule has 0 spiro atoms. The summed E-state index contributed by atoms with van der Waals surface area (Å²) in [6.45, 7) is 5.77. The van der Waals surface area contributed by atoms with E-state index in [9.17, 15) is 13.9 Å². The topological polar surface area (TPSA) is 32.3 Å². The quantitative estimate of drug-likeness (QED) is 0.833. The van der Waals surface area contributed by atoms with Crippen LogP contribution in [0.25, 0.3) is 0 Å². The second-order valence-electron chi connectivity index (χ2n) is 4.45. The minimum absolute atomic E-state index is 0.00463. The lowest BCUT2D eigenvalue weighted by atomic mass is 9.99. The van der Waals surface area contributed by atoms with E-state index in [2.05, 4.69) is 5.32 Å². The molecule has 1 aromatic carbocycles. The summed E-state index contributed by atoms with van der Waals surface area (Å²) in [7, 11) is 0. The summed E-state index contributed by atoms with van der Waals surface area (Å²) in [6, 6.07) is 3.01. The molecule has 0 aliphatic carbocycles. The number of halogens is 2. The number of aliphatic hydroxyl groups excluding tert-OH is 1. The number of hydrogen-bond acceptors (Lipinski definition) is 2. The second-order valence-corrected chi connectivity index (χ2v) is 4.45. The summed E-state index contributed by atoms with van der Waals surface area (Å²) in [5.74, 6) is -1.12. The summed E-state index contributed by atoms with van der Waals surface area (Å²) in [4.78, 5) is 0. The van der Waals surface area contributed by atoms with Crippen molar-refractivity contribution in [3.63, 3.8) is 0 Å². The fourth-order valence-corrected chi connectivity index (χ4v) is 1.82. The second kappa shape index (κ2) is 6.07. The smallest absolute Gasteiger partial charge is 0.129 e. The Kier molecular flexibility index (Phi) is 5.02. The molecule has 0 radical (unpaired) electrons. The highest BCUT2D eigenvalue weighted by Gasteiger charge is 2.22. The van der Waals surface area contributed by atoms with Gasteiger partial charge in [-0.25, -0.2) is 8.78 Å². The maximum Gasteiger partial charge on any atom is 0.129 e. The number of aliphatic hydroxyl groups is 1. The zero-order chi connectivity index (χ0) is 13.0. The van der Waals surface area contributed by atoms with Gasteiger partial charge >= 0.3 is 0 Å². The number of hydrogen-bond donors (Lipinski definition) is 2. The van der Waals surface area contributed by atoms with Crippen molar-refractivity contribution in [3.8, 4) is 0 Å². The fourth-order valence-electron chi connectivity index (χ4n) is 1.82. The molecule has 0 aliphatic rings. The van der Waals surface area contributed by atoms with Gasteiger partial charge in [-0.3, -0.25) is 0 Å². The van der Waals surface area contributed by atoms with Gasteiger partial charge in [-0.1, -0.05) is 20.8 Å². The van der Waals surface area contributed by atoms with Gasteiger partial charge in [0.1, 0.15) is 11.6 Å². The van der Waals surface area contributed by atoms with Gasteiger partial charge in [0.15, 0.2) is 0 Å². The summed E-state index contributed by atoms with van der Waals surface area (Å²) >= 11 is 0. The molecule has 0 heterocycles. The van der Waals surface area contributed by atoms with Crippen molar-refractivity contribution in [1.82, 2.24) is 5.32 Å². The lowest BCUT2D eigenvalue weighted by Crippen LogP contribution is -2.39. The first-order valence-corrected chi connectivity index (χ1v) is 5.84. The molecule has 0 saturated carbocycles. The van der Waals surface area contributed by atoms with Crippen molar-refractivity contribution in [1.29, 1.82) is 0 Å². The average molecular weight is 243 g/mol. The van der Waals surface area contributed by atoms with Crippen molar-refractivity contribution in [2.24, 2.45) is 0 Å². The van der Waals surface area contributed by atoms with E-state index in [1.807, 2.05) is 20.8 Å². The Balaban J connectivity index is 2.92. The molecule has 2 atom stereocenters. The van der Waals surface area contributed by atoms with Crippen LogP contribution in [0.1, 0.15) is 38.9 Å². The van der Waals surface area contributed by atoms with Crippen LogP contribution in [0.5, 0.6) is 0 Å². The van der Waals surface area contributed by atoms with Gasteiger partial charge in [-0.15, -0.1) is 0 Å². The van der Waals surface area contributed by atoms with Gasteiger partial charge in [-0.2, -0.15) is 0 Å². The molecular formula is C13H19F2NO. The molecule has 0 aliphatic heterocycles. The van der Waals surface area contributed by atoms with Crippen molar-refractivity contribution < 1.29 is 13.9 Å². The standard InChI is InChI=1S/C13H19F2NO/c1-4-12(16-8(2)3)13(17)10-7-9(14)5-6-11(10)15/h5-8,12-13,16-17H,4H2,1-3H3. The van der Waals surface area contributed by atoms with E-state index in [1.165, 1.54) is 0 Å². The van der Waals surface area contributed by atoms with E-state index in [0.29, 0.717) is 6.42 Å². The van der Waals surface area contributed by atoms with Gasteiger partial charge in [0, 0.05) is 17.6 Å². The minimum Gasteiger partial charge on any atom is -0.387 e. The highest BCUT2D eigenvalue weighted by atomic mass is 19.1. The lowest BCUT2D eigenvalue weighted by Gasteiger charge is -2.25. The third-order valence-corrected chi connectivity index (χ3v) is 2.65. The monoisotopic (exact) mass is 243 g/mol. The largest absolute Gasteiger partial charge is 0.387 e. The molecule has 2 nitrogen and oxygen atoms in total. The zero-order valence-electron chi connectivity index (χ0n) is 10.4. The Morgan fingerprint density at radius 2 is 1.94 bits per heavy atom. The average Bonchev–Trinajstić information content (AvgIpc) is 2.28. The van der Waals surface area contributed by atoms with Crippen molar-refractivity contribution >= 4 is 0 Å². The van der Waals surface area contributed by atoms with Gasteiger partial charge in [0.2, 0.25) is 0 Å². The van der Waals surface area contributed by atoms with E-state index in [4.69, 9.17) is 0 Å². The molecule has 0 aromatic heterocycles. The molecule has 1 aromatic rings. The number of rotatable bonds is 5. The third kappa shape index (κ3) is 3.75. The first kappa shape index (κ1) is 14.1. The SMILES string of the molecule is CCC(NC(C)C)C(O)c1cc(F)ccc1F. The molecular weight excluding hydrogens is 224 g/mol. The molecule has 0 bridgehead atoms. The van der Waals surface area contributed by atoms with E-state index < -0.39 is 17.7 Å². The summed E-state index contributed by atoms with van der Waals surface area (Å²) < 4.78 is 26.5. The van der Waals surface area contributed by atoms with Crippen LogP contribution in [0, 0.1) is 11.6 Å². The van der Waals surface area contributed by atoms with Crippen LogP contribution in [0.3, 0.4) is 0 Å². The normalized spacial score (nSPS) is 15.0. The van der Waals surface area contributed by atoms with Crippen LogP contribution < -0.4 is 5.32 Å². The first-order valence-electron chi connectivity index (χ1n) is 5.84. The summed E-state index contributed by atoms with van der Waals surface area (Å²) in [5, 5.41) is 13.2. The van der Waals surface area contributed by atoms with Crippen LogP contribution in [-0.2, 0) is 0 Å². The molecule has 4 heteroatoms. The molecule has 1 rings (SSSR count). The van der Waals surface area contributed by atoms with E-state index in [0.717, 1.165) is 18.2 Å². The van der Waals surface area contributed by atoms with Gasteiger partial charge in [0.25, 0.3) is 0 Å². The Bertz CT molecular complexity index is 368. The predicted molar refractivity (Wildman–Crippen MR) is 63.7 cm³/mol. The van der Waals surface area contributed by atoms with Crippen LogP contribution in [0.2, 0.25) is 0 Å². The molecule has 2 unspecified atom stereocenters. The van der Waals surface area contributed by atoms with Crippen LogP contribution in [0.15, 0.2) is 18.2 Å². The lowest BCUT2D eigenvalue weighted by molar-refractivity contribution is 0.117. The van der Waals surface area contributed by atoms with Gasteiger partial charge < -0.3 is 10.4 Å². The Labute approximate surface area is 101 Å². The maximum atomic E-state index is 13.5. The van der Waals surface area contributed by atoms with Crippen molar-refractivity contribution in [3.05, 3.63) is 35.4 Å². The molecule has 0 fully saturated rings. The highest BCUT2D eigenvalue weighted by Crippen LogP contribution is 2.23. The van der Waals surface area contributed by atoms with E-state index >= 15 is 0 Å². The van der Waals surface area contributed by atoms with E-state index in [-0.39, 0.29) is 17.6 Å².